The zero-order valence-electron chi connectivity index (χ0n) is 19.5. The number of carbonyl (C=O) groups is 2. The lowest BCUT2D eigenvalue weighted by Gasteiger charge is -2.40. The Bertz CT molecular complexity index is 1160. The van der Waals surface area contributed by atoms with Crippen molar-refractivity contribution < 1.29 is 23.8 Å². The van der Waals surface area contributed by atoms with E-state index < -0.39 is 23.6 Å². The molecule has 3 rings (SSSR count). The van der Waals surface area contributed by atoms with Crippen molar-refractivity contribution in [2.24, 2.45) is 0 Å². The number of anilines is 1. The van der Waals surface area contributed by atoms with E-state index in [0.717, 1.165) is 4.47 Å². The molecule has 0 bridgehead atoms. The number of nitrogens with one attached hydrogen (secondary N) is 2. The maximum absolute atomic E-state index is 13.7. The molecule has 9 heteroatoms. The number of esters is 1. The molecular weight excluding hydrogens is 536 g/mol. The van der Waals surface area contributed by atoms with Gasteiger partial charge in [0.15, 0.2) is 5.54 Å². The Morgan fingerprint density at radius 2 is 1.66 bits per heavy atom. The average Bonchev–Trinajstić information content (AvgIpc) is 2.87. The lowest BCUT2D eigenvalue weighted by molar-refractivity contribution is -0.149. The second-order valence-corrected chi connectivity index (χ2v) is 8.81. The summed E-state index contributed by atoms with van der Waals surface area (Å²) < 4.78 is 16.6. The molecule has 2 unspecified atom stereocenters. The molecule has 2 atom stereocenters. The molecule has 2 N–H and O–H groups in total. The van der Waals surface area contributed by atoms with Crippen molar-refractivity contribution >= 4 is 45.3 Å². The van der Waals surface area contributed by atoms with Crippen molar-refractivity contribution in [3.8, 4) is 5.75 Å². The molecule has 184 valence electrons. The minimum Gasteiger partial charge on any atom is -0.497 e. The summed E-state index contributed by atoms with van der Waals surface area (Å²) in [4.78, 5) is 26.5. The summed E-state index contributed by atoms with van der Waals surface area (Å²) in [5.41, 5.74) is -0.0982. The van der Waals surface area contributed by atoms with Gasteiger partial charge in [-0.1, -0.05) is 57.9 Å². The fraction of sp³-hybridized carbons (Fsp3) is 0.231. The number of carbonyl (C=O) groups excluding carboxylic acids is 2. The van der Waals surface area contributed by atoms with Gasteiger partial charge in [-0.15, -0.1) is 0 Å². The van der Waals surface area contributed by atoms with Crippen molar-refractivity contribution in [3.63, 3.8) is 0 Å². The standard InChI is InChI=1S/C26H26BrClN2O5/c1-4-35-25(32)30-26(24(31)34-3,21-7-5-6-8-22(21)28)23(17-9-11-18(27)12-10-17)29-19-13-15-20(33-2)16-14-19/h5-16,23,29H,4H2,1-3H3,(H,30,32). The van der Waals surface area contributed by atoms with Gasteiger partial charge >= 0.3 is 12.1 Å². The van der Waals surface area contributed by atoms with E-state index in [4.69, 9.17) is 25.8 Å². The van der Waals surface area contributed by atoms with Crippen LogP contribution in [0.2, 0.25) is 5.02 Å². The third kappa shape index (κ3) is 5.89. The maximum atomic E-state index is 13.7. The van der Waals surface area contributed by atoms with E-state index in [0.29, 0.717) is 22.6 Å². The van der Waals surface area contributed by atoms with Gasteiger partial charge in [-0.3, -0.25) is 5.32 Å². The van der Waals surface area contributed by atoms with Gasteiger partial charge in [-0.25, -0.2) is 9.59 Å². The van der Waals surface area contributed by atoms with Crippen LogP contribution in [0.1, 0.15) is 24.1 Å². The number of hydrogen-bond acceptors (Lipinski definition) is 6. The molecule has 0 saturated heterocycles. The van der Waals surface area contributed by atoms with Gasteiger partial charge in [0.1, 0.15) is 5.75 Å². The van der Waals surface area contributed by atoms with Gasteiger partial charge in [-0.05, 0) is 55.0 Å². The summed E-state index contributed by atoms with van der Waals surface area (Å²) in [5, 5.41) is 6.44. The third-order valence-corrected chi connectivity index (χ3v) is 6.28. The highest BCUT2D eigenvalue weighted by Crippen LogP contribution is 2.42. The first kappa shape index (κ1) is 26.4. The largest absolute Gasteiger partial charge is 0.497 e. The molecular formula is C26H26BrClN2O5. The highest BCUT2D eigenvalue weighted by Gasteiger charge is 2.52. The number of ether oxygens (including phenoxy) is 3. The van der Waals surface area contributed by atoms with Crippen LogP contribution in [-0.4, -0.2) is 32.9 Å². The molecule has 0 saturated carbocycles. The van der Waals surface area contributed by atoms with Crippen molar-refractivity contribution in [2.45, 2.75) is 18.5 Å². The summed E-state index contributed by atoms with van der Waals surface area (Å²) >= 11 is 10.1. The molecule has 7 nitrogen and oxygen atoms in total. The van der Waals surface area contributed by atoms with E-state index >= 15 is 0 Å². The topological polar surface area (TPSA) is 85.9 Å². The highest BCUT2D eigenvalue weighted by atomic mass is 79.9. The number of alkyl carbamates (subject to hydrolysis) is 1. The third-order valence-electron chi connectivity index (χ3n) is 5.42. The van der Waals surface area contributed by atoms with E-state index in [1.807, 2.05) is 36.4 Å². The summed E-state index contributed by atoms with van der Waals surface area (Å²) in [7, 11) is 2.84. The predicted octanol–water partition coefficient (Wildman–Crippen LogP) is 6.08. The first-order valence-electron chi connectivity index (χ1n) is 10.8. The lowest BCUT2D eigenvalue weighted by Crippen LogP contribution is -2.58. The molecule has 1 amide bonds. The number of halogens is 2. The number of hydrogen-bond donors (Lipinski definition) is 2. The monoisotopic (exact) mass is 560 g/mol. The summed E-state index contributed by atoms with van der Waals surface area (Å²) in [5.74, 6) is -0.0571. The Kier molecular flexibility index (Phi) is 9.01. The van der Waals surface area contributed by atoms with E-state index in [9.17, 15) is 9.59 Å². The molecule has 3 aromatic rings. The minimum atomic E-state index is -1.80. The fourth-order valence-corrected chi connectivity index (χ4v) is 4.34. The Balaban J connectivity index is 2.29. The van der Waals surface area contributed by atoms with Crippen LogP contribution in [0, 0.1) is 0 Å². The van der Waals surface area contributed by atoms with Gasteiger partial charge in [0.25, 0.3) is 0 Å². The zero-order chi connectivity index (χ0) is 25.4. The zero-order valence-corrected chi connectivity index (χ0v) is 21.9. The molecule has 0 spiro atoms. The molecule has 0 aliphatic carbocycles. The summed E-state index contributed by atoms with van der Waals surface area (Å²) in [6.45, 7) is 1.79. The molecule has 3 aromatic carbocycles. The van der Waals surface area contributed by atoms with Gasteiger partial charge in [-0.2, -0.15) is 0 Å². The highest BCUT2D eigenvalue weighted by molar-refractivity contribution is 9.10. The molecule has 0 aromatic heterocycles. The van der Waals surface area contributed by atoms with Crippen molar-refractivity contribution in [1.29, 1.82) is 0 Å². The van der Waals surface area contributed by atoms with Gasteiger partial charge in [0.05, 0.1) is 26.9 Å². The second-order valence-electron chi connectivity index (χ2n) is 7.48. The minimum absolute atomic E-state index is 0.112. The lowest BCUT2D eigenvalue weighted by atomic mass is 9.78. The Morgan fingerprint density at radius 3 is 2.23 bits per heavy atom. The molecule has 0 fully saturated rings. The van der Waals surface area contributed by atoms with Gasteiger partial charge < -0.3 is 19.5 Å². The van der Waals surface area contributed by atoms with E-state index in [2.05, 4.69) is 26.6 Å². The molecule has 0 heterocycles. The quantitative estimate of drug-likeness (QED) is 0.308. The van der Waals surface area contributed by atoms with Crippen LogP contribution in [0.5, 0.6) is 5.75 Å². The summed E-state index contributed by atoms with van der Waals surface area (Å²) in [6.07, 6.45) is -0.795. The first-order valence-corrected chi connectivity index (χ1v) is 12.0. The molecule has 0 aliphatic heterocycles. The molecule has 35 heavy (non-hydrogen) atoms. The van der Waals surface area contributed by atoms with Crippen molar-refractivity contribution in [2.75, 3.05) is 26.1 Å². The Hall–Kier alpha value is -3.23. The van der Waals surface area contributed by atoms with Crippen LogP contribution >= 0.6 is 27.5 Å². The van der Waals surface area contributed by atoms with Crippen molar-refractivity contribution in [1.82, 2.24) is 5.32 Å². The number of rotatable bonds is 9. The van der Waals surface area contributed by atoms with Crippen LogP contribution in [-0.2, 0) is 19.8 Å². The smallest absolute Gasteiger partial charge is 0.408 e. The van der Waals surface area contributed by atoms with Gasteiger partial charge in [0, 0.05) is 20.7 Å². The number of methoxy groups -OCH3 is 2. The van der Waals surface area contributed by atoms with Crippen LogP contribution < -0.4 is 15.4 Å². The SMILES string of the molecule is CCOC(=O)NC(C(=O)OC)(c1ccccc1Cl)C(Nc1ccc(OC)cc1)c1ccc(Br)cc1. The van der Waals surface area contributed by atoms with Crippen molar-refractivity contribution in [3.05, 3.63) is 93.4 Å². The van der Waals surface area contributed by atoms with Crippen LogP contribution in [0.15, 0.2) is 77.3 Å². The number of benzene rings is 3. The fourth-order valence-electron chi connectivity index (χ4n) is 3.79. The maximum Gasteiger partial charge on any atom is 0.408 e. The van der Waals surface area contributed by atoms with Gasteiger partial charge in [0.2, 0.25) is 0 Å². The van der Waals surface area contributed by atoms with Crippen LogP contribution in [0.4, 0.5) is 10.5 Å². The number of amides is 1. The van der Waals surface area contributed by atoms with E-state index in [-0.39, 0.29) is 11.6 Å². The van der Waals surface area contributed by atoms with E-state index in [1.54, 1.807) is 50.4 Å². The first-order chi connectivity index (χ1) is 16.8. The normalized spacial score (nSPS) is 13.2. The summed E-state index contributed by atoms with van der Waals surface area (Å²) in [6, 6.07) is 20.5. The second kappa shape index (κ2) is 12.0. The predicted molar refractivity (Wildman–Crippen MR) is 139 cm³/mol. The van der Waals surface area contributed by atoms with Crippen LogP contribution in [0.3, 0.4) is 0 Å². The Morgan fingerprint density at radius 1 is 1.00 bits per heavy atom. The average molecular weight is 562 g/mol. The van der Waals surface area contributed by atoms with Crippen LogP contribution in [0.25, 0.3) is 0 Å². The van der Waals surface area contributed by atoms with E-state index in [1.165, 1.54) is 7.11 Å². The molecule has 0 radical (unpaired) electrons. The Labute approximate surface area is 217 Å². The molecule has 0 aliphatic rings.